The molecule has 2 N–H and O–H groups in total. The Bertz CT molecular complexity index is 398. The SMILES string of the molecule is CCC(COC)Nc1cc(C(=O)O)cc(Cl)n1. The van der Waals surface area contributed by atoms with Gasteiger partial charge in [0, 0.05) is 7.11 Å². The zero-order chi connectivity index (χ0) is 12.8. The number of carbonyl (C=O) groups is 1. The van der Waals surface area contributed by atoms with Crippen LogP contribution in [0, 0.1) is 0 Å². The van der Waals surface area contributed by atoms with Crippen molar-refractivity contribution in [3.05, 3.63) is 22.8 Å². The summed E-state index contributed by atoms with van der Waals surface area (Å²) in [6, 6.07) is 2.84. The molecule has 1 rings (SSSR count). The summed E-state index contributed by atoms with van der Waals surface area (Å²) in [4.78, 5) is 14.9. The third-order valence-electron chi connectivity index (χ3n) is 2.25. The van der Waals surface area contributed by atoms with Gasteiger partial charge in [-0.3, -0.25) is 0 Å². The molecule has 0 aromatic carbocycles. The number of carboxylic acid groups (broad SMARTS) is 1. The minimum atomic E-state index is -1.03. The second kappa shape index (κ2) is 6.42. The minimum absolute atomic E-state index is 0.0765. The number of hydrogen-bond acceptors (Lipinski definition) is 4. The highest BCUT2D eigenvalue weighted by atomic mass is 35.5. The molecule has 0 radical (unpaired) electrons. The Morgan fingerprint density at radius 2 is 2.35 bits per heavy atom. The molecular weight excluding hydrogens is 244 g/mol. The van der Waals surface area contributed by atoms with E-state index >= 15 is 0 Å². The van der Waals surface area contributed by atoms with Crippen molar-refractivity contribution in [1.29, 1.82) is 0 Å². The normalized spacial score (nSPS) is 12.2. The Labute approximate surface area is 105 Å². The molecule has 1 atom stereocenters. The quantitative estimate of drug-likeness (QED) is 0.766. The van der Waals surface area contributed by atoms with E-state index in [1.54, 1.807) is 7.11 Å². The van der Waals surface area contributed by atoms with E-state index in [-0.39, 0.29) is 16.8 Å². The molecule has 0 amide bonds. The zero-order valence-electron chi connectivity index (χ0n) is 9.74. The van der Waals surface area contributed by atoms with Gasteiger partial charge in [-0.15, -0.1) is 0 Å². The Balaban J connectivity index is 2.86. The lowest BCUT2D eigenvalue weighted by molar-refractivity contribution is 0.0697. The fourth-order valence-electron chi connectivity index (χ4n) is 1.37. The summed E-state index contributed by atoms with van der Waals surface area (Å²) in [6.07, 6.45) is 0.838. The van der Waals surface area contributed by atoms with E-state index in [0.717, 1.165) is 6.42 Å². The van der Waals surface area contributed by atoms with E-state index in [0.29, 0.717) is 12.4 Å². The summed E-state index contributed by atoms with van der Waals surface area (Å²) in [5.74, 6) is -0.587. The van der Waals surface area contributed by atoms with Crippen molar-refractivity contribution in [2.75, 3.05) is 19.0 Å². The summed E-state index contributed by atoms with van der Waals surface area (Å²) in [6.45, 7) is 2.52. The predicted octanol–water partition coefficient (Wildman–Crippen LogP) is 2.27. The average molecular weight is 259 g/mol. The molecule has 0 saturated heterocycles. The number of pyridine rings is 1. The number of carboxylic acids is 1. The first-order chi connectivity index (χ1) is 8.06. The van der Waals surface area contributed by atoms with Crippen molar-refractivity contribution in [1.82, 2.24) is 4.98 Å². The van der Waals surface area contributed by atoms with Crippen molar-refractivity contribution in [2.45, 2.75) is 19.4 Å². The molecule has 1 aromatic heterocycles. The van der Waals surface area contributed by atoms with Gasteiger partial charge < -0.3 is 15.2 Å². The van der Waals surface area contributed by atoms with Crippen molar-refractivity contribution < 1.29 is 14.6 Å². The molecule has 0 spiro atoms. The van der Waals surface area contributed by atoms with Crippen LogP contribution in [0.1, 0.15) is 23.7 Å². The molecule has 1 unspecified atom stereocenters. The maximum atomic E-state index is 10.8. The van der Waals surface area contributed by atoms with Crippen LogP contribution in [0.5, 0.6) is 0 Å². The Morgan fingerprint density at radius 3 is 2.88 bits per heavy atom. The molecule has 0 aliphatic rings. The maximum absolute atomic E-state index is 10.8. The molecule has 0 aliphatic heterocycles. The fraction of sp³-hybridized carbons (Fsp3) is 0.455. The highest BCUT2D eigenvalue weighted by Gasteiger charge is 2.10. The highest BCUT2D eigenvalue weighted by Crippen LogP contribution is 2.16. The first-order valence-electron chi connectivity index (χ1n) is 5.23. The van der Waals surface area contributed by atoms with Crippen molar-refractivity contribution >= 4 is 23.4 Å². The highest BCUT2D eigenvalue weighted by molar-refractivity contribution is 6.29. The van der Waals surface area contributed by atoms with E-state index in [1.165, 1.54) is 12.1 Å². The Morgan fingerprint density at radius 1 is 1.65 bits per heavy atom. The number of nitrogens with zero attached hydrogens (tertiary/aromatic N) is 1. The third-order valence-corrected chi connectivity index (χ3v) is 2.45. The van der Waals surface area contributed by atoms with Crippen LogP contribution in [0.25, 0.3) is 0 Å². The summed E-state index contributed by atoms with van der Waals surface area (Å²) < 4.78 is 5.04. The topological polar surface area (TPSA) is 71.5 Å². The van der Waals surface area contributed by atoms with Crippen LogP contribution in [-0.4, -0.2) is 35.8 Å². The second-order valence-electron chi connectivity index (χ2n) is 3.57. The standard InChI is InChI=1S/C11H15ClN2O3/c1-3-8(6-17-2)13-10-5-7(11(15)16)4-9(12)14-10/h4-5,8H,3,6H2,1-2H3,(H,13,14)(H,15,16). The van der Waals surface area contributed by atoms with Crippen LogP contribution in [0.15, 0.2) is 12.1 Å². The molecule has 17 heavy (non-hydrogen) atoms. The maximum Gasteiger partial charge on any atom is 0.335 e. The number of methoxy groups -OCH3 is 1. The van der Waals surface area contributed by atoms with Crippen LogP contribution in [0.4, 0.5) is 5.82 Å². The molecule has 0 bridgehead atoms. The Kier molecular flexibility index (Phi) is 5.18. The average Bonchev–Trinajstić information content (AvgIpc) is 2.27. The fourth-order valence-corrected chi connectivity index (χ4v) is 1.57. The number of halogens is 1. The van der Waals surface area contributed by atoms with Gasteiger partial charge in [0.05, 0.1) is 18.2 Å². The molecule has 94 valence electrons. The summed E-state index contributed by atoms with van der Waals surface area (Å²) in [7, 11) is 1.61. The van der Waals surface area contributed by atoms with Gasteiger partial charge in [-0.1, -0.05) is 18.5 Å². The first kappa shape index (κ1) is 13.7. The summed E-state index contributed by atoms with van der Waals surface area (Å²) in [5.41, 5.74) is 0.111. The Hall–Kier alpha value is -1.33. The van der Waals surface area contributed by atoms with Gasteiger partial charge in [0.2, 0.25) is 0 Å². The van der Waals surface area contributed by atoms with Crippen LogP contribution in [0.3, 0.4) is 0 Å². The smallest absolute Gasteiger partial charge is 0.335 e. The van der Waals surface area contributed by atoms with Crippen molar-refractivity contribution in [3.8, 4) is 0 Å². The van der Waals surface area contributed by atoms with E-state index in [9.17, 15) is 4.79 Å². The predicted molar refractivity (Wildman–Crippen MR) is 65.8 cm³/mol. The molecule has 1 heterocycles. The van der Waals surface area contributed by atoms with E-state index < -0.39 is 5.97 Å². The lowest BCUT2D eigenvalue weighted by Crippen LogP contribution is -2.24. The van der Waals surface area contributed by atoms with Gasteiger partial charge in [-0.05, 0) is 18.6 Å². The van der Waals surface area contributed by atoms with Crippen LogP contribution < -0.4 is 5.32 Å². The van der Waals surface area contributed by atoms with Gasteiger partial charge in [0.1, 0.15) is 11.0 Å². The minimum Gasteiger partial charge on any atom is -0.478 e. The number of nitrogens with one attached hydrogen (secondary N) is 1. The monoisotopic (exact) mass is 258 g/mol. The van der Waals surface area contributed by atoms with Crippen molar-refractivity contribution in [2.24, 2.45) is 0 Å². The summed E-state index contributed by atoms with van der Waals surface area (Å²) in [5, 5.41) is 12.1. The van der Waals surface area contributed by atoms with E-state index in [1.807, 2.05) is 6.92 Å². The third kappa shape index (κ3) is 4.20. The molecule has 1 aromatic rings. The van der Waals surface area contributed by atoms with Crippen LogP contribution >= 0.6 is 11.6 Å². The molecule has 0 saturated carbocycles. The lowest BCUT2D eigenvalue weighted by Gasteiger charge is -2.16. The molecular formula is C11H15ClN2O3. The lowest BCUT2D eigenvalue weighted by atomic mass is 10.2. The summed E-state index contributed by atoms with van der Waals surface area (Å²) >= 11 is 5.75. The van der Waals surface area contributed by atoms with E-state index in [4.69, 9.17) is 21.4 Å². The van der Waals surface area contributed by atoms with Gasteiger partial charge >= 0.3 is 5.97 Å². The van der Waals surface area contributed by atoms with Gasteiger partial charge in [-0.25, -0.2) is 9.78 Å². The number of hydrogen-bond donors (Lipinski definition) is 2. The van der Waals surface area contributed by atoms with Crippen LogP contribution in [-0.2, 0) is 4.74 Å². The number of ether oxygens (including phenoxy) is 1. The second-order valence-corrected chi connectivity index (χ2v) is 3.96. The van der Waals surface area contributed by atoms with Crippen LogP contribution in [0.2, 0.25) is 5.15 Å². The number of anilines is 1. The number of aromatic carboxylic acids is 1. The molecule has 6 heteroatoms. The zero-order valence-corrected chi connectivity index (χ0v) is 10.5. The number of aromatic nitrogens is 1. The largest absolute Gasteiger partial charge is 0.478 e. The molecule has 0 aliphatic carbocycles. The van der Waals surface area contributed by atoms with Gasteiger partial charge in [0.25, 0.3) is 0 Å². The molecule has 0 fully saturated rings. The van der Waals surface area contributed by atoms with E-state index in [2.05, 4.69) is 10.3 Å². The first-order valence-corrected chi connectivity index (χ1v) is 5.61. The molecule has 5 nitrogen and oxygen atoms in total. The van der Waals surface area contributed by atoms with Gasteiger partial charge in [0.15, 0.2) is 0 Å². The number of rotatable bonds is 6. The van der Waals surface area contributed by atoms with Gasteiger partial charge in [-0.2, -0.15) is 0 Å². The van der Waals surface area contributed by atoms with Crippen molar-refractivity contribution in [3.63, 3.8) is 0 Å².